The molecule has 252 valence electrons. The second-order valence-electron chi connectivity index (χ2n) is 13.6. The molecule has 1 atom stereocenters. The van der Waals surface area contributed by atoms with Gasteiger partial charge >= 0.3 is 0 Å². The quantitative estimate of drug-likeness (QED) is 0.156. The minimum atomic E-state index is -0.659. The average molecular weight is 680 g/mol. The fourth-order valence-corrected chi connectivity index (χ4v) is 8.43. The second kappa shape index (κ2) is 13.1. The first-order valence-corrected chi connectivity index (χ1v) is 18.1. The number of benzene rings is 7. The van der Waals surface area contributed by atoms with Crippen LogP contribution >= 0.6 is 0 Å². The molecule has 0 N–H and O–H groups in total. The molecule has 0 saturated carbocycles. The molecular formula is C51H37NO. The first-order chi connectivity index (χ1) is 26.1. The zero-order valence-electron chi connectivity index (χ0n) is 29.5. The molecule has 0 bridgehead atoms. The average Bonchev–Trinajstić information content (AvgIpc) is 3.51. The molecule has 0 fully saturated rings. The summed E-state index contributed by atoms with van der Waals surface area (Å²) in [4.78, 5) is 15.5. The highest BCUT2D eigenvalue weighted by atomic mass is 16.1. The van der Waals surface area contributed by atoms with Crippen LogP contribution in [0.3, 0.4) is 0 Å². The molecule has 0 radical (unpaired) electrons. The third kappa shape index (κ3) is 5.06. The van der Waals surface area contributed by atoms with E-state index in [-0.39, 0.29) is 5.78 Å². The van der Waals surface area contributed by atoms with Gasteiger partial charge in [0.1, 0.15) is 0 Å². The number of para-hydroxylation sites is 2. The fourth-order valence-electron chi connectivity index (χ4n) is 8.43. The summed E-state index contributed by atoms with van der Waals surface area (Å²) in [7, 11) is 0. The standard InChI is InChI=1S/C51H37NO/c1-3-5-19-39(4-2)51(40-20-8-6-9-21-40)46-26-14-15-27-48(46)52(41-22-10-7-11-23-41)49-31-29-38(34-47(49)51)36-18-16-17-35(32-36)37-28-30-44-45(33-37)42-24-12-13-25-43(42)50(44)53/h3-34H,2H2,1H3/b5-3-,39-19+. The number of carbonyl (C=O) groups excluding carboxylic acids is 1. The van der Waals surface area contributed by atoms with Crippen LogP contribution in [0.5, 0.6) is 0 Å². The van der Waals surface area contributed by atoms with Crippen LogP contribution in [0.2, 0.25) is 0 Å². The zero-order chi connectivity index (χ0) is 35.9. The summed E-state index contributed by atoms with van der Waals surface area (Å²) in [5.74, 6) is 0.0975. The monoisotopic (exact) mass is 679 g/mol. The Morgan fingerprint density at radius 3 is 1.91 bits per heavy atom. The summed E-state index contributed by atoms with van der Waals surface area (Å²) in [5.41, 5.74) is 15.3. The smallest absolute Gasteiger partial charge is 0.194 e. The number of hydrogen-bond donors (Lipinski definition) is 0. The van der Waals surface area contributed by atoms with E-state index in [0.717, 1.165) is 67.1 Å². The van der Waals surface area contributed by atoms with Crippen molar-refractivity contribution >= 4 is 22.8 Å². The molecule has 7 aromatic rings. The van der Waals surface area contributed by atoms with Gasteiger partial charge in [0.2, 0.25) is 0 Å². The lowest BCUT2D eigenvalue weighted by Crippen LogP contribution is -2.38. The Balaban J connectivity index is 1.28. The van der Waals surface area contributed by atoms with E-state index in [0.29, 0.717) is 0 Å². The minimum absolute atomic E-state index is 0.0975. The Morgan fingerprint density at radius 1 is 0.547 bits per heavy atom. The molecule has 0 saturated heterocycles. The maximum atomic E-state index is 13.1. The van der Waals surface area contributed by atoms with E-state index in [4.69, 9.17) is 0 Å². The Morgan fingerprint density at radius 2 is 1.15 bits per heavy atom. The van der Waals surface area contributed by atoms with E-state index in [9.17, 15) is 4.79 Å². The van der Waals surface area contributed by atoms with Crippen molar-refractivity contribution in [3.05, 3.63) is 234 Å². The maximum absolute atomic E-state index is 13.1. The summed E-state index contributed by atoms with van der Waals surface area (Å²) in [6, 6.07) is 60.1. The van der Waals surface area contributed by atoms with Crippen LogP contribution in [0.25, 0.3) is 33.4 Å². The van der Waals surface area contributed by atoms with Gasteiger partial charge in [-0.15, -0.1) is 0 Å². The zero-order valence-corrected chi connectivity index (χ0v) is 29.5. The number of rotatable bonds is 7. The van der Waals surface area contributed by atoms with Crippen molar-refractivity contribution < 1.29 is 4.79 Å². The first-order valence-electron chi connectivity index (χ1n) is 18.1. The van der Waals surface area contributed by atoms with Crippen LogP contribution in [0, 0.1) is 0 Å². The highest BCUT2D eigenvalue weighted by Gasteiger charge is 2.47. The minimum Gasteiger partial charge on any atom is -0.310 e. The van der Waals surface area contributed by atoms with E-state index in [2.05, 4.69) is 176 Å². The van der Waals surface area contributed by atoms with Gasteiger partial charge in [-0.2, -0.15) is 0 Å². The van der Waals surface area contributed by atoms with Gasteiger partial charge in [0.25, 0.3) is 0 Å². The molecule has 1 aliphatic heterocycles. The van der Waals surface area contributed by atoms with E-state index in [1.54, 1.807) is 0 Å². The van der Waals surface area contributed by atoms with Gasteiger partial charge in [0.15, 0.2) is 5.78 Å². The van der Waals surface area contributed by atoms with Gasteiger partial charge < -0.3 is 4.90 Å². The predicted octanol–water partition coefficient (Wildman–Crippen LogP) is 13.0. The molecule has 1 unspecified atom stereocenters. The molecule has 53 heavy (non-hydrogen) atoms. The Kier molecular flexibility index (Phi) is 7.94. The Hall–Kier alpha value is -6.77. The lowest BCUT2D eigenvalue weighted by Gasteiger charge is -2.47. The SMILES string of the molecule is C=C/C(=C\C=C/C)C1(c2ccccc2)c2ccccc2N(c2ccccc2)c2ccc(-c3cccc(-c4ccc5c(c4)-c4ccccc4C5=O)c3)cc21. The number of ketones is 1. The summed E-state index contributed by atoms with van der Waals surface area (Å²) in [6.07, 6.45) is 8.42. The first kappa shape index (κ1) is 32.2. The molecule has 0 spiro atoms. The Labute approximate surface area is 311 Å². The van der Waals surface area contributed by atoms with E-state index in [1.807, 2.05) is 36.4 Å². The van der Waals surface area contributed by atoms with Crippen molar-refractivity contribution in [3.63, 3.8) is 0 Å². The molecule has 0 amide bonds. The van der Waals surface area contributed by atoms with Crippen LogP contribution in [0.4, 0.5) is 17.1 Å². The third-order valence-electron chi connectivity index (χ3n) is 10.8. The van der Waals surface area contributed by atoms with Crippen molar-refractivity contribution in [1.29, 1.82) is 0 Å². The topological polar surface area (TPSA) is 20.3 Å². The van der Waals surface area contributed by atoms with Crippen molar-refractivity contribution in [2.45, 2.75) is 12.3 Å². The van der Waals surface area contributed by atoms with Crippen LogP contribution in [0.15, 0.2) is 206 Å². The molecular weight excluding hydrogens is 643 g/mol. The summed E-state index contributed by atoms with van der Waals surface area (Å²) in [5, 5.41) is 0. The Bertz CT molecular complexity index is 2610. The van der Waals surface area contributed by atoms with Gasteiger partial charge in [0, 0.05) is 16.8 Å². The summed E-state index contributed by atoms with van der Waals surface area (Å²) < 4.78 is 0. The lowest BCUT2D eigenvalue weighted by molar-refractivity contribution is 0.104. The molecule has 1 heterocycles. The highest BCUT2D eigenvalue weighted by molar-refractivity contribution is 6.22. The fraction of sp³-hybridized carbons (Fsp3) is 0.0392. The maximum Gasteiger partial charge on any atom is 0.194 e. The van der Waals surface area contributed by atoms with Crippen LogP contribution < -0.4 is 4.90 Å². The van der Waals surface area contributed by atoms with Crippen molar-refractivity contribution in [2.24, 2.45) is 0 Å². The molecule has 9 rings (SSSR count). The number of anilines is 3. The summed E-state index contributed by atoms with van der Waals surface area (Å²) >= 11 is 0. The number of hydrogen-bond acceptors (Lipinski definition) is 2. The number of fused-ring (bicyclic) bond motifs is 5. The second-order valence-corrected chi connectivity index (χ2v) is 13.6. The predicted molar refractivity (Wildman–Crippen MR) is 220 cm³/mol. The van der Waals surface area contributed by atoms with Gasteiger partial charge in [0.05, 0.1) is 16.8 Å². The van der Waals surface area contributed by atoms with E-state index >= 15 is 0 Å². The van der Waals surface area contributed by atoms with E-state index in [1.165, 1.54) is 16.7 Å². The van der Waals surface area contributed by atoms with Crippen molar-refractivity contribution in [1.82, 2.24) is 0 Å². The number of nitrogens with zero attached hydrogens (tertiary/aromatic N) is 1. The van der Waals surface area contributed by atoms with Crippen LogP contribution in [0.1, 0.15) is 39.5 Å². The normalized spacial score (nSPS) is 15.8. The summed E-state index contributed by atoms with van der Waals surface area (Å²) in [6.45, 7) is 6.47. The van der Waals surface area contributed by atoms with Crippen molar-refractivity contribution in [3.8, 4) is 33.4 Å². The van der Waals surface area contributed by atoms with Gasteiger partial charge in [-0.3, -0.25) is 4.79 Å². The molecule has 1 aliphatic carbocycles. The molecule has 2 aliphatic rings. The lowest BCUT2D eigenvalue weighted by atomic mass is 9.61. The highest BCUT2D eigenvalue weighted by Crippen LogP contribution is 2.58. The largest absolute Gasteiger partial charge is 0.310 e. The van der Waals surface area contributed by atoms with Gasteiger partial charge in [-0.25, -0.2) is 0 Å². The van der Waals surface area contributed by atoms with E-state index < -0.39 is 5.41 Å². The number of carbonyl (C=O) groups is 1. The van der Waals surface area contributed by atoms with Gasteiger partial charge in [-0.1, -0.05) is 152 Å². The number of allylic oxidation sites excluding steroid dienone is 5. The van der Waals surface area contributed by atoms with Crippen LogP contribution in [-0.2, 0) is 5.41 Å². The molecule has 0 aromatic heterocycles. The van der Waals surface area contributed by atoms with Crippen LogP contribution in [-0.4, -0.2) is 5.78 Å². The van der Waals surface area contributed by atoms with Crippen molar-refractivity contribution in [2.75, 3.05) is 4.90 Å². The van der Waals surface area contributed by atoms with Gasteiger partial charge in [-0.05, 0) is 111 Å². The molecule has 2 heteroatoms. The third-order valence-corrected chi connectivity index (χ3v) is 10.8. The molecule has 7 aromatic carbocycles. The molecule has 2 nitrogen and oxygen atoms in total.